The van der Waals surface area contributed by atoms with Gasteiger partial charge in [0.15, 0.2) is 5.54 Å². The lowest BCUT2D eigenvalue weighted by molar-refractivity contribution is -0.144. The minimum absolute atomic E-state index is 0.0364. The number of carboxylic acid groups (broad SMARTS) is 1. The van der Waals surface area contributed by atoms with Crippen molar-refractivity contribution in [3.8, 4) is 0 Å². The number of amides is 2. The summed E-state index contributed by atoms with van der Waals surface area (Å²) in [6.45, 7) is 2.54. The predicted octanol–water partition coefficient (Wildman–Crippen LogP) is 1.20. The third kappa shape index (κ3) is 3.58. The van der Waals surface area contributed by atoms with E-state index in [1.165, 1.54) is 0 Å². The molecule has 2 aliphatic rings. The van der Waals surface area contributed by atoms with Gasteiger partial charge in [-0.25, -0.2) is 9.59 Å². The number of carbonyl (C=O) groups is 2. The number of ether oxygens (including phenoxy) is 1. The largest absolute Gasteiger partial charge is 0.479 e. The van der Waals surface area contributed by atoms with Gasteiger partial charge in [0.1, 0.15) is 0 Å². The van der Waals surface area contributed by atoms with Crippen LogP contribution in [0.5, 0.6) is 0 Å². The number of nitrogens with one attached hydrogen (secondary N) is 2. The molecule has 2 rings (SSSR count). The first kappa shape index (κ1) is 15.4. The summed E-state index contributed by atoms with van der Waals surface area (Å²) < 4.78 is 5.11. The molecule has 20 heavy (non-hydrogen) atoms. The molecule has 114 valence electrons. The van der Waals surface area contributed by atoms with Crippen LogP contribution in [0.3, 0.4) is 0 Å². The first-order chi connectivity index (χ1) is 9.55. The number of carboxylic acids is 1. The molecule has 6 nitrogen and oxygen atoms in total. The van der Waals surface area contributed by atoms with Crippen LogP contribution < -0.4 is 10.6 Å². The van der Waals surface area contributed by atoms with E-state index in [4.69, 9.17) is 4.74 Å². The highest BCUT2D eigenvalue weighted by Gasteiger charge is 2.44. The van der Waals surface area contributed by atoms with E-state index < -0.39 is 17.5 Å². The second-order valence-corrected chi connectivity index (χ2v) is 6.95. The molecule has 3 atom stereocenters. The van der Waals surface area contributed by atoms with Crippen molar-refractivity contribution in [2.75, 3.05) is 19.0 Å². The molecule has 1 aliphatic carbocycles. The van der Waals surface area contributed by atoms with E-state index in [1.807, 2.05) is 11.8 Å². The zero-order valence-electron chi connectivity index (χ0n) is 11.7. The second-order valence-electron chi connectivity index (χ2n) is 5.38. The highest BCUT2D eigenvalue weighted by Crippen LogP contribution is 2.29. The Balaban J connectivity index is 1.82. The smallest absolute Gasteiger partial charge is 0.332 e. The van der Waals surface area contributed by atoms with Gasteiger partial charge in [0.25, 0.3) is 0 Å². The Hall–Kier alpha value is -0.950. The van der Waals surface area contributed by atoms with Gasteiger partial charge in [-0.3, -0.25) is 0 Å². The van der Waals surface area contributed by atoms with E-state index in [2.05, 4.69) is 17.6 Å². The monoisotopic (exact) mass is 302 g/mol. The van der Waals surface area contributed by atoms with E-state index in [-0.39, 0.29) is 12.6 Å². The lowest BCUT2D eigenvalue weighted by Gasteiger charge is -2.25. The molecule has 1 saturated heterocycles. The van der Waals surface area contributed by atoms with E-state index in [0.717, 1.165) is 25.0 Å². The molecular formula is C13H22N2O4S. The Morgan fingerprint density at radius 3 is 2.85 bits per heavy atom. The maximum Gasteiger partial charge on any atom is 0.332 e. The zero-order chi connectivity index (χ0) is 14.6. The lowest BCUT2D eigenvalue weighted by Crippen LogP contribution is -2.58. The lowest BCUT2D eigenvalue weighted by atomic mass is 9.99. The number of hydrogen-bond acceptors (Lipinski definition) is 4. The Bertz CT molecular complexity index is 371. The van der Waals surface area contributed by atoms with E-state index in [9.17, 15) is 14.7 Å². The zero-order valence-corrected chi connectivity index (χ0v) is 12.5. The molecule has 1 saturated carbocycles. The fraction of sp³-hybridized carbons (Fsp3) is 0.846. The van der Waals surface area contributed by atoms with Crippen LogP contribution in [0.4, 0.5) is 4.79 Å². The van der Waals surface area contributed by atoms with Crippen molar-refractivity contribution < 1.29 is 19.4 Å². The highest BCUT2D eigenvalue weighted by molar-refractivity contribution is 7.99. The molecule has 0 bridgehead atoms. The minimum Gasteiger partial charge on any atom is -0.479 e. The fourth-order valence-corrected chi connectivity index (χ4v) is 3.93. The van der Waals surface area contributed by atoms with Crippen LogP contribution in [-0.2, 0) is 9.53 Å². The van der Waals surface area contributed by atoms with Crippen molar-refractivity contribution >= 4 is 23.8 Å². The molecular weight excluding hydrogens is 280 g/mol. The molecule has 7 heteroatoms. The van der Waals surface area contributed by atoms with Gasteiger partial charge in [0, 0.05) is 24.3 Å². The normalized spacial score (nSPS) is 33.0. The van der Waals surface area contributed by atoms with Gasteiger partial charge < -0.3 is 20.5 Å². The summed E-state index contributed by atoms with van der Waals surface area (Å²) in [6.07, 6.45) is 3.34. The first-order valence-corrected chi connectivity index (χ1v) is 8.12. The SMILES string of the molecule is CCSC1CCC(NC(=O)NC2(C(=O)O)CCOC2)C1. The van der Waals surface area contributed by atoms with Gasteiger partial charge in [-0.05, 0) is 25.0 Å². The Morgan fingerprint density at radius 2 is 2.25 bits per heavy atom. The van der Waals surface area contributed by atoms with Crippen molar-refractivity contribution in [3.63, 3.8) is 0 Å². The number of urea groups is 1. The number of rotatable bonds is 5. The number of aliphatic carboxylic acids is 1. The molecule has 2 amide bonds. The summed E-state index contributed by atoms with van der Waals surface area (Å²) in [4.78, 5) is 23.3. The summed E-state index contributed by atoms with van der Waals surface area (Å²) in [6, 6.07) is -0.253. The maximum absolute atomic E-state index is 12.0. The van der Waals surface area contributed by atoms with Gasteiger partial charge >= 0.3 is 12.0 Å². The van der Waals surface area contributed by atoms with E-state index in [1.54, 1.807) is 0 Å². The van der Waals surface area contributed by atoms with Crippen molar-refractivity contribution in [2.45, 2.75) is 49.4 Å². The van der Waals surface area contributed by atoms with Crippen LogP contribution in [0, 0.1) is 0 Å². The summed E-state index contributed by atoms with van der Waals surface area (Å²) in [7, 11) is 0. The third-order valence-electron chi connectivity index (χ3n) is 3.91. The number of thioether (sulfide) groups is 1. The molecule has 3 unspecified atom stereocenters. The minimum atomic E-state index is -1.26. The van der Waals surface area contributed by atoms with Crippen molar-refractivity contribution in [2.24, 2.45) is 0 Å². The first-order valence-electron chi connectivity index (χ1n) is 7.07. The van der Waals surface area contributed by atoms with Crippen molar-refractivity contribution in [1.82, 2.24) is 10.6 Å². The average molecular weight is 302 g/mol. The van der Waals surface area contributed by atoms with Crippen LogP contribution in [0.15, 0.2) is 0 Å². The van der Waals surface area contributed by atoms with Gasteiger partial charge in [0.05, 0.1) is 6.61 Å². The van der Waals surface area contributed by atoms with Crippen LogP contribution >= 0.6 is 11.8 Å². The van der Waals surface area contributed by atoms with Gasteiger partial charge in [-0.2, -0.15) is 11.8 Å². The van der Waals surface area contributed by atoms with Crippen LogP contribution in [-0.4, -0.2) is 52.9 Å². The topological polar surface area (TPSA) is 87.7 Å². The number of hydrogen-bond donors (Lipinski definition) is 3. The Labute approximate surface area is 123 Å². The molecule has 0 aromatic carbocycles. The Kier molecular flexibility index (Phi) is 5.15. The van der Waals surface area contributed by atoms with E-state index >= 15 is 0 Å². The highest BCUT2D eigenvalue weighted by atomic mass is 32.2. The molecule has 1 heterocycles. The molecule has 0 aromatic rings. The quantitative estimate of drug-likeness (QED) is 0.710. The molecule has 2 fully saturated rings. The van der Waals surface area contributed by atoms with Crippen LogP contribution in [0.25, 0.3) is 0 Å². The number of carbonyl (C=O) groups excluding carboxylic acids is 1. The van der Waals surface area contributed by atoms with Crippen molar-refractivity contribution in [3.05, 3.63) is 0 Å². The van der Waals surface area contributed by atoms with Crippen molar-refractivity contribution in [1.29, 1.82) is 0 Å². The van der Waals surface area contributed by atoms with Gasteiger partial charge in [-0.15, -0.1) is 0 Å². The average Bonchev–Trinajstić information content (AvgIpc) is 3.00. The molecule has 0 radical (unpaired) electrons. The summed E-state index contributed by atoms with van der Waals surface area (Å²) in [5, 5.41) is 15.3. The van der Waals surface area contributed by atoms with Crippen LogP contribution in [0.1, 0.15) is 32.6 Å². The Morgan fingerprint density at radius 1 is 1.45 bits per heavy atom. The molecule has 3 N–H and O–H groups in total. The summed E-state index contributed by atoms with van der Waals surface area (Å²) in [5.74, 6) is 0.0549. The summed E-state index contributed by atoms with van der Waals surface area (Å²) in [5.41, 5.74) is -1.26. The predicted molar refractivity (Wildman–Crippen MR) is 77.0 cm³/mol. The molecule has 1 aliphatic heterocycles. The molecule has 0 spiro atoms. The standard InChI is InChI=1S/C13H22N2O4S/c1-2-20-10-4-3-9(7-10)14-12(18)15-13(11(16)17)5-6-19-8-13/h9-10H,2-8H2,1H3,(H,16,17)(H2,14,15,18). The summed E-state index contributed by atoms with van der Waals surface area (Å²) >= 11 is 1.92. The van der Waals surface area contributed by atoms with Crippen LogP contribution in [0.2, 0.25) is 0 Å². The van der Waals surface area contributed by atoms with Gasteiger partial charge in [-0.1, -0.05) is 6.92 Å². The molecule has 0 aromatic heterocycles. The van der Waals surface area contributed by atoms with Gasteiger partial charge in [0.2, 0.25) is 0 Å². The second kappa shape index (κ2) is 6.67. The van der Waals surface area contributed by atoms with E-state index in [0.29, 0.717) is 18.3 Å². The third-order valence-corrected chi connectivity index (χ3v) is 5.14. The fourth-order valence-electron chi connectivity index (χ4n) is 2.78. The maximum atomic E-state index is 12.0.